The molecular weight excluding hydrogens is 499 g/mol. The molecule has 12 heteroatoms. The monoisotopic (exact) mass is 521 g/mol. The zero-order valence-electron chi connectivity index (χ0n) is 19.0. The van der Waals surface area contributed by atoms with Gasteiger partial charge in [-0.25, -0.2) is 14.3 Å². The molecule has 3 rings (SSSR count). The van der Waals surface area contributed by atoms with Crippen LogP contribution in [0, 0.1) is 0 Å². The van der Waals surface area contributed by atoms with Gasteiger partial charge in [0, 0.05) is 12.4 Å². The Balaban J connectivity index is 1.73. The van der Waals surface area contributed by atoms with Gasteiger partial charge in [0.25, 0.3) is 0 Å². The lowest BCUT2D eigenvalue weighted by molar-refractivity contribution is -0.137. The van der Waals surface area contributed by atoms with Crippen molar-refractivity contribution in [3.05, 3.63) is 83.9 Å². The summed E-state index contributed by atoms with van der Waals surface area (Å²) in [5.74, 6) is -0.0195. The zero-order chi connectivity index (χ0) is 26.1. The van der Waals surface area contributed by atoms with E-state index < -0.39 is 35.1 Å². The number of aromatic nitrogens is 2. The number of nitrogens with zero attached hydrogens (tertiary/aromatic N) is 2. The predicted molar refractivity (Wildman–Crippen MR) is 125 cm³/mol. The van der Waals surface area contributed by atoms with Gasteiger partial charge in [0.15, 0.2) is 6.10 Å². The van der Waals surface area contributed by atoms with E-state index in [4.69, 9.17) is 9.47 Å². The third kappa shape index (κ3) is 7.35. The summed E-state index contributed by atoms with van der Waals surface area (Å²) in [6.45, 7) is -0.254. The number of imidazole rings is 1. The van der Waals surface area contributed by atoms with Gasteiger partial charge in [-0.05, 0) is 48.1 Å². The molecule has 0 aliphatic heterocycles. The number of ether oxygens (including phenoxy) is 2. The number of hydrogen-bond acceptors (Lipinski definition) is 7. The zero-order valence-corrected chi connectivity index (χ0v) is 19.8. The van der Waals surface area contributed by atoms with E-state index >= 15 is 0 Å². The summed E-state index contributed by atoms with van der Waals surface area (Å²) in [5.41, 5.74) is 0.0395. The Bertz CT molecular complexity index is 1170. The number of amides is 2. The summed E-state index contributed by atoms with van der Waals surface area (Å²) in [7, 11) is 0. The van der Waals surface area contributed by atoms with E-state index in [9.17, 15) is 27.6 Å². The fourth-order valence-electron chi connectivity index (χ4n) is 3.21. The molecule has 3 aromatic rings. The van der Waals surface area contributed by atoms with E-state index in [0.717, 1.165) is 22.3 Å². The van der Waals surface area contributed by atoms with Crippen LogP contribution in [0.5, 0.6) is 5.75 Å². The van der Waals surface area contributed by atoms with Crippen molar-refractivity contribution in [2.24, 2.45) is 0 Å². The average Bonchev–Trinajstić information content (AvgIpc) is 3.41. The molecule has 2 aromatic carbocycles. The second-order valence-corrected chi connectivity index (χ2v) is 8.52. The van der Waals surface area contributed by atoms with Crippen LogP contribution in [0.1, 0.15) is 22.8 Å². The number of benzene rings is 2. The molecule has 1 N–H and O–H groups in total. The molecule has 0 fully saturated rings. The Morgan fingerprint density at radius 1 is 1.19 bits per heavy atom. The van der Waals surface area contributed by atoms with Gasteiger partial charge in [0.1, 0.15) is 18.7 Å². The number of imide groups is 1. The highest BCUT2D eigenvalue weighted by Crippen LogP contribution is 2.32. The summed E-state index contributed by atoms with van der Waals surface area (Å²) in [5, 5.41) is 1.67. The van der Waals surface area contributed by atoms with Crippen molar-refractivity contribution < 1.29 is 37.0 Å². The number of carbonyl (C=O) groups is 3. The normalized spacial score (nSPS) is 12.9. The van der Waals surface area contributed by atoms with Crippen LogP contribution in [0.2, 0.25) is 0 Å². The highest BCUT2D eigenvalue weighted by atomic mass is 32.2. The van der Waals surface area contributed by atoms with Crippen LogP contribution in [0.25, 0.3) is 0 Å². The molecule has 2 amide bonds. The summed E-state index contributed by atoms with van der Waals surface area (Å²) in [6, 6.07) is 11.2. The van der Waals surface area contributed by atoms with E-state index in [2.05, 4.69) is 10.3 Å². The van der Waals surface area contributed by atoms with Crippen molar-refractivity contribution in [1.82, 2.24) is 14.9 Å². The third-order valence-corrected chi connectivity index (χ3v) is 6.02. The maximum atomic E-state index is 13.2. The van der Waals surface area contributed by atoms with Gasteiger partial charge in [-0.15, -0.1) is 0 Å². The molecule has 1 heterocycles. The number of hydrogen-bond donors (Lipinski definition) is 1. The Labute approximate surface area is 208 Å². The molecule has 0 radical (unpaired) electrons. The van der Waals surface area contributed by atoms with Crippen LogP contribution in [0.3, 0.4) is 0 Å². The van der Waals surface area contributed by atoms with Gasteiger partial charge >= 0.3 is 12.3 Å². The molecule has 0 aliphatic carbocycles. The minimum absolute atomic E-state index is 0.110. The largest absolute Gasteiger partial charge is 0.489 e. The molecule has 8 nitrogen and oxygen atoms in total. The fourth-order valence-corrected chi connectivity index (χ4v) is 3.85. The SMILES string of the molecule is CSC(Cc1ccc(OCC(OC(=O)n2ccnc2)c2cccc(C(F)(F)F)c2)cc1)C(=O)NC=O. The van der Waals surface area contributed by atoms with Crippen LogP contribution < -0.4 is 10.1 Å². The lowest BCUT2D eigenvalue weighted by atomic mass is 10.1. The summed E-state index contributed by atoms with van der Waals surface area (Å²) < 4.78 is 51.9. The average molecular weight is 522 g/mol. The number of alkyl halides is 3. The third-order valence-electron chi connectivity index (χ3n) is 5.07. The van der Waals surface area contributed by atoms with Crippen LogP contribution in [0.4, 0.5) is 18.0 Å². The quantitative estimate of drug-likeness (QED) is 0.398. The molecule has 0 saturated carbocycles. The molecule has 2 unspecified atom stereocenters. The fraction of sp³-hybridized carbons (Fsp3) is 0.250. The van der Waals surface area contributed by atoms with Gasteiger partial charge in [-0.3, -0.25) is 14.9 Å². The van der Waals surface area contributed by atoms with Crippen molar-refractivity contribution in [2.45, 2.75) is 24.0 Å². The second kappa shape index (κ2) is 12.2. The maximum Gasteiger partial charge on any atom is 0.419 e. The molecule has 0 spiro atoms. The van der Waals surface area contributed by atoms with Crippen molar-refractivity contribution in [3.8, 4) is 5.75 Å². The van der Waals surface area contributed by atoms with Gasteiger partial charge in [0.2, 0.25) is 12.3 Å². The Morgan fingerprint density at radius 3 is 2.56 bits per heavy atom. The molecular formula is C24H22F3N3O5S. The van der Waals surface area contributed by atoms with Gasteiger partial charge < -0.3 is 9.47 Å². The van der Waals surface area contributed by atoms with Crippen molar-refractivity contribution >= 4 is 30.2 Å². The number of thioether (sulfide) groups is 1. The Hall–Kier alpha value is -3.80. The lowest BCUT2D eigenvalue weighted by Gasteiger charge is -2.20. The van der Waals surface area contributed by atoms with E-state index in [-0.39, 0.29) is 12.2 Å². The van der Waals surface area contributed by atoms with Gasteiger partial charge in [0.05, 0.1) is 10.8 Å². The van der Waals surface area contributed by atoms with E-state index in [1.54, 1.807) is 30.5 Å². The first-order chi connectivity index (χ1) is 17.2. The number of rotatable bonds is 10. The maximum absolute atomic E-state index is 13.2. The standard InChI is InChI=1S/C24H22F3N3O5S/c1-36-21(22(32)29-15-31)11-16-5-7-19(8-6-16)34-13-20(35-23(33)30-10-9-28-14-30)17-3-2-4-18(12-17)24(25,26)27/h2-10,12,14-15,20-21H,11,13H2,1H3,(H,29,31,32). The van der Waals surface area contributed by atoms with Crippen LogP contribution in [-0.4, -0.2) is 46.1 Å². The highest BCUT2D eigenvalue weighted by Gasteiger charge is 2.31. The molecule has 0 bridgehead atoms. The predicted octanol–water partition coefficient (Wildman–Crippen LogP) is 4.25. The first-order valence-corrected chi connectivity index (χ1v) is 11.8. The Kier molecular flexibility index (Phi) is 9.12. The van der Waals surface area contributed by atoms with E-state index in [0.29, 0.717) is 18.6 Å². The van der Waals surface area contributed by atoms with Crippen molar-refractivity contribution in [3.63, 3.8) is 0 Å². The van der Waals surface area contributed by atoms with E-state index in [1.165, 1.54) is 42.6 Å². The first kappa shape index (κ1) is 26.8. The Morgan fingerprint density at radius 2 is 1.94 bits per heavy atom. The van der Waals surface area contributed by atoms with Gasteiger partial charge in [-0.2, -0.15) is 24.9 Å². The molecule has 0 saturated heterocycles. The van der Waals surface area contributed by atoms with Gasteiger partial charge in [-0.1, -0.05) is 24.3 Å². The summed E-state index contributed by atoms with van der Waals surface area (Å²) >= 11 is 1.30. The van der Waals surface area contributed by atoms with Crippen molar-refractivity contribution in [1.29, 1.82) is 0 Å². The van der Waals surface area contributed by atoms with Crippen molar-refractivity contribution in [2.75, 3.05) is 12.9 Å². The van der Waals surface area contributed by atoms with Crippen LogP contribution in [0.15, 0.2) is 67.3 Å². The number of halogens is 3. The molecule has 190 valence electrons. The minimum Gasteiger partial charge on any atom is -0.489 e. The summed E-state index contributed by atoms with van der Waals surface area (Å²) in [6.07, 6.45) is -0.151. The second-order valence-electron chi connectivity index (χ2n) is 7.48. The first-order valence-electron chi connectivity index (χ1n) is 10.6. The molecule has 36 heavy (non-hydrogen) atoms. The lowest BCUT2D eigenvalue weighted by Crippen LogP contribution is -2.32. The summed E-state index contributed by atoms with van der Waals surface area (Å²) in [4.78, 5) is 38.6. The molecule has 0 aliphatic rings. The molecule has 1 aromatic heterocycles. The van der Waals surface area contributed by atoms with Crippen LogP contribution >= 0.6 is 11.8 Å². The number of carbonyl (C=O) groups excluding carboxylic acids is 3. The smallest absolute Gasteiger partial charge is 0.419 e. The number of nitrogens with one attached hydrogen (secondary N) is 1. The molecule has 2 atom stereocenters. The topological polar surface area (TPSA) is 99.5 Å². The van der Waals surface area contributed by atoms with Crippen LogP contribution in [-0.2, 0) is 26.9 Å². The minimum atomic E-state index is -4.57. The highest BCUT2D eigenvalue weighted by molar-refractivity contribution is 7.99. The van der Waals surface area contributed by atoms with E-state index in [1.807, 2.05) is 0 Å².